The summed E-state index contributed by atoms with van der Waals surface area (Å²) in [5.41, 5.74) is 10.5. The number of aliphatic hydroxyl groups is 1. The average molecular weight is 451 g/mol. The standard InChI is InChI=1S/C24H26N4O3S/c25-20-6-1-2-7-21(20)28-11-9-27(10-12-28)15-18(29)16-30-19-5-3-4-17(14-19)23-24-22(31-26-23)8-13-32-24/h1-8,13-14,18,29H,9-12,15-16,25H2/t18-/m1/s1. The third-order valence-electron chi connectivity index (χ3n) is 5.75. The highest BCUT2D eigenvalue weighted by Crippen LogP contribution is 2.33. The second kappa shape index (κ2) is 9.20. The summed E-state index contributed by atoms with van der Waals surface area (Å²) >= 11 is 1.61. The summed E-state index contributed by atoms with van der Waals surface area (Å²) < 4.78 is 12.3. The molecular formula is C24H26N4O3S. The summed E-state index contributed by atoms with van der Waals surface area (Å²) in [6, 6.07) is 17.6. The molecular weight excluding hydrogens is 424 g/mol. The third kappa shape index (κ3) is 4.43. The van der Waals surface area contributed by atoms with Crippen LogP contribution in [0.1, 0.15) is 0 Å². The van der Waals surface area contributed by atoms with Crippen molar-refractivity contribution in [3.05, 3.63) is 60.0 Å². The van der Waals surface area contributed by atoms with Gasteiger partial charge in [-0.25, -0.2) is 0 Å². The Balaban J connectivity index is 1.13. The van der Waals surface area contributed by atoms with Crippen molar-refractivity contribution in [2.45, 2.75) is 6.10 Å². The first kappa shape index (κ1) is 20.8. The molecule has 1 aliphatic heterocycles. The normalized spacial score (nSPS) is 15.8. The van der Waals surface area contributed by atoms with Crippen molar-refractivity contribution in [2.75, 3.05) is 50.0 Å². The molecule has 0 radical (unpaired) electrons. The molecule has 3 N–H and O–H groups in total. The zero-order chi connectivity index (χ0) is 21.9. The van der Waals surface area contributed by atoms with Gasteiger partial charge < -0.3 is 25.0 Å². The molecule has 0 saturated carbocycles. The molecule has 0 unspecified atom stereocenters. The first-order chi connectivity index (χ1) is 15.7. The van der Waals surface area contributed by atoms with E-state index in [1.807, 2.05) is 53.9 Å². The number of rotatable bonds is 7. The molecule has 1 fully saturated rings. The van der Waals surface area contributed by atoms with Crippen LogP contribution in [-0.2, 0) is 0 Å². The topological polar surface area (TPSA) is 88.0 Å². The van der Waals surface area contributed by atoms with Gasteiger partial charge in [-0.3, -0.25) is 4.90 Å². The Morgan fingerprint density at radius 3 is 2.78 bits per heavy atom. The number of thiophene rings is 1. The number of nitrogen functional groups attached to an aromatic ring is 1. The number of aromatic nitrogens is 1. The summed E-state index contributed by atoms with van der Waals surface area (Å²) in [4.78, 5) is 4.57. The lowest BCUT2D eigenvalue weighted by Crippen LogP contribution is -2.49. The molecule has 2 aromatic carbocycles. The van der Waals surface area contributed by atoms with Crippen molar-refractivity contribution in [1.82, 2.24) is 10.1 Å². The van der Waals surface area contributed by atoms with Gasteiger partial charge in [0.1, 0.15) is 28.9 Å². The van der Waals surface area contributed by atoms with E-state index in [-0.39, 0.29) is 6.61 Å². The molecule has 1 saturated heterocycles. The molecule has 7 nitrogen and oxygen atoms in total. The number of β-amino-alcohol motifs (C(OH)–C–C–N with tert-alkyl or cyclic N) is 1. The van der Waals surface area contributed by atoms with Crippen LogP contribution >= 0.6 is 11.3 Å². The van der Waals surface area contributed by atoms with E-state index in [4.69, 9.17) is 15.0 Å². The zero-order valence-electron chi connectivity index (χ0n) is 17.7. The minimum absolute atomic E-state index is 0.239. The molecule has 4 aromatic rings. The van der Waals surface area contributed by atoms with Crippen molar-refractivity contribution in [3.8, 4) is 17.0 Å². The number of ether oxygens (including phenoxy) is 1. The Hall–Kier alpha value is -3.07. The van der Waals surface area contributed by atoms with Gasteiger partial charge in [-0.05, 0) is 35.7 Å². The molecule has 5 rings (SSSR count). The number of piperazine rings is 1. The smallest absolute Gasteiger partial charge is 0.178 e. The third-order valence-corrected chi connectivity index (χ3v) is 6.65. The van der Waals surface area contributed by atoms with Gasteiger partial charge in [0, 0.05) is 38.3 Å². The Bertz CT molecular complexity index is 1180. The van der Waals surface area contributed by atoms with Crippen molar-refractivity contribution in [2.24, 2.45) is 0 Å². The van der Waals surface area contributed by atoms with Gasteiger partial charge in [0.05, 0.1) is 11.4 Å². The summed E-state index contributed by atoms with van der Waals surface area (Å²) in [7, 11) is 0. The van der Waals surface area contributed by atoms with Crippen LogP contribution in [0.3, 0.4) is 0 Å². The molecule has 32 heavy (non-hydrogen) atoms. The van der Waals surface area contributed by atoms with Gasteiger partial charge in [0.15, 0.2) is 5.58 Å². The molecule has 166 valence electrons. The number of para-hydroxylation sites is 2. The number of hydrogen-bond donors (Lipinski definition) is 2. The molecule has 0 bridgehead atoms. The number of anilines is 2. The van der Waals surface area contributed by atoms with Crippen LogP contribution < -0.4 is 15.4 Å². The van der Waals surface area contributed by atoms with E-state index in [9.17, 15) is 5.11 Å². The molecule has 8 heteroatoms. The van der Waals surface area contributed by atoms with Crippen LogP contribution in [0, 0.1) is 0 Å². The number of hydrogen-bond acceptors (Lipinski definition) is 8. The van der Waals surface area contributed by atoms with Gasteiger partial charge in [0.2, 0.25) is 0 Å². The number of fused-ring (bicyclic) bond motifs is 1. The fourth-order valence-electron chi connectivity index (χ4n) is 4.09. The van der Waals surface area contributed by atoms with Gasteiger partial charge in [0.25, 0.3) is 0 Å². The number of benzene rings is 2. The molecule has 1 atom stereocenters. The SMILES string of the molecule is Nc1ccccc1N1CCN(C[C@@H](O)COc2cccc(-c3noc4ccsc34)c2)CC1. The average Bonchev–Trinajstić information content (AvgIpc) is 3.43. The van der Waals surface area contributed by atoms with E-state index < -0.39 is 6.10 Å². The lowest BCUT2D eigenvalue weighted by Gasteiger charge is -2.37. The fraction of sp³-hybridized carbons (Fsp3) is 0.292. The molecule has 2 aromatic heterocycles. The van der Waals surface area contributed by atoms with Crippen molar-refractivity contribution in [1.29, 1.82) is 0 Å². The minimum Gasteiger partial charge on any atom is -0.491 e. The van der Waals surface area contributed by atoms with Crippen LogP contribution in [-0.4, -0.2) is 60.6 Å². The van der Waals surface area contributed by atoms with Crippen LogP contribution in [0.15, 0.2) is 64.5 Å². The maximum absolute atomic E-state index is 10.5. The molecule has 1 aliphatic rings. The van der Waals surface area contributed by atoms with E-state index in [1.54, 1.807) is 11.3 Å². The van der Waals surface area contributed by atoms with Crippen LogP contribution in [0.25, 0.3) is 21.5 Å². The predicted molar refractivity (Wildman–Crippen MR) is 128 cm³/mol. The van der Waals surface area contributed by atoms with E-state index in [0.29, 0.717) is 12.3 Å². The molecule has 0 spiro atoms. The first-order valence-corrected chi connectivity index (χ1v) is 11.6. The van der Waals surface area contributed by atoms with E-state index in [0.717, 1.165) is 59.1 Å². The maximum Gasteiger partial charge on any atom is 0.178 e. The Morgan fingerprint density at radius 2 is 1.94 bits per heavy atom. The Morgan fingerprint density at radius 1 is 1.09 bits per heavy atom. The largest absolute Gasteiger partial charge is 0.491 e. The summed E-state index contributed by atoms with van der Waals surface area (Å²) in [6.07, 6.45) is -0.567. The van der Waals surface area contributed by atoms with Crippen LogP contribution in [0.4, 0.5) is 11.4 Å². The Kier molecular flexibility index (Phi) is 5.98. The second-order valence-electron chi connectivity index (χ2n) is 7.98. The van der Waals surface area contributed by atoms with Gasteiger partial charge in [-0.1, -0.05) is 29.4 Å². The highest BCUT2D eigenvalue weighted by molar-refractivity contribution is 7.17. The fourth-order valence-corrected chi connectivity index (χ4v) is 4.90. The minimum atomic E-state index is -0.567. The van der Waals surface area contributed by atoms with Gasteiger partial charge >= 0.3 is 0 Å². The number of nitrogens with two attached hydrogens (primary N) is 1. The monoisotopic (exact) mass is 450 g/mol. The van der Waals surface area contributed by atoms with E-state index >= 15 is 0 Å². The van der Waals surface area contributed by atoms with Gasteiger partial charge in [-0.2, -0.15) is 0 Å². The van der Waals surface area contributed by atoms with E-state index in [2.05, 4.69) is 21.0 Å². The quantitative estimate of drug-likeness (QED) is 0.415. The first-order valence-electron chi connectivity index (χ1n) is 10.7. The lowest BCUT2D eigenvalue weighted by molar-refractivity contribution is 0.0663. The predicted octanol–water partition coefficient (Wildman–Crippen LogP) is 3.70. The summed E-state index contributed by atoms with van der Waals surface area (Å²) in [5.74, 6) is 0.707. The number of nitrogens with zero attached hydrogens (tertiary/aromatic N) is 3. The lowest BCUT2D eigenvalue weighted by atomic mass is 10.1. The molecule has 3 heterocycles. The van der Waals surface area contributed by atoms with Gasteiger partial charge in [-0.15, -0.1) is 11.3 Å². The van der Waals surface area contributed by atoms with Crippen molar-refractivity contribution >= 4 is 33.0 Å². The molecule has 0 aliphatic carbocycles. The van der Waals surface area contributed by atoms with Crippen LogP contribution in [0.2, 0.25) is 0 Å². The summed E-state index contributed by atoms with van der Waals surface area (Å²) in [6.45, 7) is 4.35. The highest BCUT2D eigenvalue weighted by Gasteiger charge is 2.21. The molecule has 0 amide bonds. The van der Waals surface area contributed by atoms with E-state index in [1.165, 1.54) is 0 Å². The maximum atomic E-state index is 10.5. The van der Waals surface area contributed by atoms with Crippen molar-refractivity contribution in [3.63, 3.8) is 0 Å². The van der Waals surface area contributed by atoms with Crippen molar-refractivity contribution < 1.29 is 14.4 Å². The summed E-state index contributed by atoms with van der Waals surface area (Å²) in [5, 5.41) is 16.7. The van der Waals surface area contributed by atoms with Crippen LogP contribution in [0.5, 0.6) is 5.75 Å². The number of aliphatic hydroxyl groups excluding tert-OH is 1. The Labute approximate surface area is 190 Å². The zero-order valence-corrected chi connectivity index (χ0v) is 18.5. The second-order valence-corrected chi connectivity index (χ2v) is 8.90. The highest BCUT2D eigenvalue weighted by atomic mass is 32.1.